The number of hydrogen-bond donors (Lipinski definition) is 1. The van der Waals surface area contributed by atoms with E-state index in [-0.39, 0.29) is 18.8 Å². The summed E-state index contributed by atoms with van der Waals surface area (Å²) in [6.07, 6.45) is 5.22. The molecule has 0 unspecified atom stereocenters. The molecule has 10 heteroatoms. The fraction of sp³-hybridized carbons (Fsp3) is 0.286. The Morgan fingerprint density at radius 3 is 2.74 bits per heavy atom. The molecule has 0 aliphatic heterocycles. The number of nitrogens with zero attached hydrogens (tertiary/aromatic N) is 6. The van der Waals surface area contributed by atoms with Gasteiger partial charge in [0, 0.05) is 11.8 Å². The van der Waals surface area contributed by atoms with Crippen LogP contribution < -0.4 is 4.74 Å². The number of rotatable bonds is 9. The molecule has 1 aliphatic carbocycles. The molecule has 0 saturated heterocycles. The van der Waals surface area contributed by atoms with Gasteiger partial charge in [-0.25, -0.2) is 13.6 Å². The third-order valence-electron chi connectivity index (χ3n) is 6.84. The van der Waals surface area contributed by atoms with Gasteiger partial charge in [-0.15, -0.1) is 5.10 Å². The largest absolute Gasteiger partial charge is 0.479 e. The number of fused-ring (bicyclic) bond motifs is 1. The van der Waals surface area contributed by atoms with Crippen LogP contribution in [0.1, 0.15) is 41.9 Å². The van der Waals surface area contributed by atoms with Crippen LogP contribution in [0.4, 0.5) is 4.39 Å². The summed E-state index contributed by atoms with van der Waals surface area (Å²) >= 11 is 0. The van der Waals surface area contributed by atoms with Gasteiger partial charge in [0.1, 0.15) is 22.8 Å². The lowest BCUT2D eigenvalue weighted by Gasteiger charge is -2.31. The summed E-state index contributed by atoms with van der Waals surface area (Å²) < 4.78 is 29.7. The van der Waals surface area contributed by atoms with Crippen molar-refractivity contribution in [3.8, 4) is 17.0 Å². The zero-order valence-electron chi connectivity index (χ0n) is 20.8. The van der Waals surface area contributed by atoms with Crippen molar-refractivity contribution in [3.05, 3.63) is 96.0 Å². The van der Waals surface area contributed by atoms with Crippen molar-refractivity contribution in [3.63, 3.8) is 0 Å². The predicted octanol–water partition coefficient (Wildman–Crippen LogP) is 4.47. The Labute approximate surface area is 218 Å². The quantitative estimate of drug-likeness (QED) is 0.310. The number of aromatic nitrogens is 6. The Balaban J connectivity index is 1.30. The molecule has 38 heavy (non-hydrogen) atoms. The monoisotopic (exact) mass is 514 g/mol. The van der Waals surface area contributed by atoms with E-state index in [0.29, 0.717) is 36.6 Å². The molecule has 0 spiro atoms. The SMILES string of the molecule is Cc1c(-c2cc(O[C@@H](COCc3ccccc3)c3ccc(F)cn3)c3ccnn3c2)nnn1C1CC(O)C1. The number of hydrogen-bond acceptors (Lipinski definition) is 7. The minimum atomic E-state index is -0.596. The third-order valence-corrected chi connectivity index (χ3v) is 6.84. The van der Waals surface area contributed by atoms with Crippen LogP contribution in [0, 0.1) is 12.7 Å². The molecule has 1 aromatic carbocycles. The van der Waals surface area contributed by atoms with Gasteiger partial charge in [0.05, 0.1) is 49.1 Å². The van der Waals surface area contributed by atoms with Crippen LogP contribution in [-0.4, -0.2) is 47.4 Å². The molecule has 5 aromatic rings. The minimum Gasteiger partial charge on any atom is -0.479 e. The van der Waals surface area contributed by atoms with Gasteiger partial charge in [-0.3, -0.25) is 4.98 Å². The lowest BCUT2D eigenvalue weighted by molar-refractivity contribution is 0.0390. The predicted molar refractivity (Wildman–Crippen MR) is 137 cm³/mol. The van der Waals surface area contributed by atoms with Crippen molar-refractivity contribution in [1.29, 1.82) is 0 Å². The standard InChI is InChI=1S/C28H27FN6O3/c1-18-28(32-33-35(18)22-12-23(36)13-22)20-11-26(25-9-10-31-34(25)15-20)38-27(24-8-7-21(29)14-30-24)17-37-16-19-5-3-2-4-6-19/h2-11,14-15,22-23,27,36H,12-13,16-17H2,1H3/t22?,23?,27-/m0/s1. The van der Waals surface area contributed by atoms with Gasteiger partial charge >= 0.3 is 0 Å². The van der Waals surface area contributed by atoms with Crippen LogP contribution in [0.3, 0.4) is 0 Å². The first-order valence-corrected chi connectivity index (χ1v) is 12.5. The van der Waals surface area contributed by atoms with Crippen molar-refractivity contribution < 1.29 is 19.0 Å². The van der Waals surface area contributed by atoms with Gasteiger partial charge in [0.25, 0.3) is 0 Å². The average molecular weight is 515 g/mol. The van der Waals surface area contributed by atoms with E-state index in [4.69, 9.17) is 9.47 Å². The highest BCUT2D eigenvalue weighted by atomic mass is 19.1. The van der Waals surface area contributed by atoms with Gasteiger partial charge in [0.15, 0.2) is 6.10 Å². The topological polar surface area (TPSA) is 99.6 Å². The maximum atomic E-state index is 13.6. The minimum absolute atomic E-state index is 0.145. The summed E-state index contributed by atoms with van der Waals surface area (Å²) in [6.45, 7) is 2.58. The number of benzene rings is 1. The van der Waals surface area contributed by atoms with Crippen LogP contribution in [0.25, 0.3) is 16.8 Å². The lowest BCUT2D eigenvalue weighted by Crippen LogP contribution is -2.32. The highest BCUT2D eigenvalue weighted by molar-refractivity contribution is 5.70. The molecule has 1 atom stereocenters. The van der Waals surface area contributed by atoms with Gasteiger partial charge in [-0.1, -0.05) is 35.5 Å². The van der Waals surface area contributed by atoms with Gasteiger partial charge in [0.2, 0.25) is 0 Å². The molecule has 6 rings (SSSR count). The van der Waals surface area contributed by atoms with E-state index in [0.717, 1.165) is 22.3 Å². The molecular weight excluding hydrogens is 487 g/mol. The maximum Gasteiger partial charge on any atom is 0.164 e. The Kier molecular flexibility index (Phi) is 6.57. The summed E-state index contributed by atoms with van der Waals surface area (Å²) in [5, 5.41) is 22.9. The van der Waals surface area contributed by atoms with Crippen molar-refractivity contribution in [2.75, 3.05) is 6.61 Å². The molecule has 0 amide bonds. The Morgan fingerprint density at radius 2 is 1.97 bits per heavy atom. The van der Waals surface area contributed by atoms with Crippen molar-refractivity contribution in [2.45, 2.75) is 44.6 Å². The second-order valence-electron chi connectivity index (χ2n) is 9.51. The summed E-state index contributed by atoms with van der Waals surface area (Å²) in [6, 6.07) is 16.7. The van der Waals surface area contributed by atoms with Crippen LogP contribution in [0.5, 0.6) is 5.75 Å². The van der Waals surface area contributed by atoms with Crippen LogP contribution in [0.15, 0.2) is 73.2 Å². The highest BCUT2D eigenvalue weighted by Crippen LogP contribution is 2.36. The van der Waals surface area contributed by atoms with Crippen LogP contribution in [-0.2, 0) is 11.3 Å². The molecule has 0 radical (unpaired) electrons. The second-order valence-corrected chi connectivity index (χ2v) is 9.51. The van der Waals surface area contributed by atoms with Crippen molar-refractivity contribution >= 4 is 5.52 Å². The zero-order chi connectivity index (χ0) is 26.1. The van der Waals surface area contributed by atoms with E-state index in [1.165, 1.54) is 12.3 Å². The average Bonchev–Trinajstić information content (AvgIpc) is 3.54. The summed E-state index contributed by atoms with van der Waals surface area (Å²) in [7, 11) is 0. The van der Waals surface area contributed by atoms with Crippen molar-refractivity contribution in [2.24, 2.45) is 0 Å². The van der Waals surface area contributed by atoms with E-state index in [2.05, 4.69) is 20.4 Å². The molecule has 194 valence electrons. The van der Waals surface area contributed by atoms with E-state index in [1.54, 1.807) is 16.8 Å². The van der Waals surface area contributed by atoms with Crippen LogP contribution >= 0.6 is 0 Å². The van der Waals surface area contributed by atoms with E-state index in [1.807, 2.05) is 60.3 Å². The maximum absolute atomic E-state index is 13.6. The third kappa shape index (κ3) is 4.88. The summed E-state index contributed by atoms with van der Waals surface area (Å²) in [4.78, 5) is 4.26. The van der Waals surface area contributed by atoms with E-state index >= 15 is 0 Å². The highest BCUT2D eigenvalue weighted by Gasteiger charge is 2.31. The number of pyridine rings is 2. The molecule has 4 heterocycles. The fourth-order valence-corrected chi connectivity index (χ4v) is 4.70. The molecule has 4 aromatic heterocycles. The molecular formula is C28H27FN6O3. The van der Waals surface area contributed by atoms with Gasteiger partial charge in [-0.05, 0) is 49.6 Å². The molecule has 0 bridgehead atoms. The summed E-state index contributed by atoms with van der Waals surface area (Å²) in [5.74, 6) is 0.142. The first-order chi connectivity index (χ1) is 18.5. The normalized spacial score (nSPS) is 17.9. The fourth-order valence-electron chi connectivity index (χ4n) is 4.70. The molecule has 1 aliphatic rings. The smallest absolute Gasteiger partial charge is 0.164 e. The molecule has 9 nitrogen and oxygen atoms in total. The first-order valence-electron chi connectivity index (χ1n) is 12.5. The molecule has 1 fully saturated rings. The van der Waals surface area contributed by atoms with Gasteiger partial charge in [-0.2, -0.15) is 5.10 Å². The van der Waals surface area contributed by atoms with Crippen molar-refractivity contribution in [1.82, 2.24) is 29.6 Å². The number of ether oxygens (including phenoxy) is 2. The van der Waals surface area contributed by atoms with E-state index < -0.39 is 11.9 Å². The molecule has 1 N–H and O–H groups in total. The number of aliphatic hydroxyl groups is 1. The first kappa shape index (κ1) is 24.2. The number of aliphatic hydroxyl groups excluding tert-OH is 1. The summed E-state index contributed by atoms with van der Waals surface area (Å²) in [5.41, 5.74) is 4.75. The second kappa shape index (κ2) is 10.3. The van der Waals surface area contributed by atoms with Gasteiger partial charge < -0.3 is 14.6 Å². The Bertz CT molecular complexity index is 1530. The number of halogens is 1. The molecule has 1 saturated carbocycles. The Morgan fingerprint density at radius 1 is 1.13 bits per heavy atom. The zero-order valence-corrected chi connectivity index (χ0v) is 20.8. The lowest BCUT2D eigenvalue weighted by atomic mass is 9.89. The Hall–Kier alpha value is -4.15. The van der Waals surface area contributed by atoms with Crippen LogP contribution in [0.2, 0.25) is 0 Å². The van der Waals surface area contributed by atoms with E-state index in [9.17, 15) is 9.50 Å².